The Morgan fingerprint density at radius 3 is 2.32 bits per heavy atom. The summed E-state index contributed by atoms with van der Waals surface area (Å²) in [6.07, 6.45) is -0.724. The predicted molar refractivity (Wildman–Crippen MR) is 82.2 cm³/mol. The molecule has 1 aromatic carbocycles. The van der Waals surface area contributed by atoms with Gasteiger partial charge in [-0.15, -0.1) is 11.3 Å². The van der Waals surface area contributed by atoms with Crippen LogP contribution in [0, 0.1) is 0 Å². The maximum Gasteiger partial charge on any atom is 0.115 e. The zero-order valence-corrected chi connectivity index (χ0v) is 13.1. The van der Waals surface area contributed by atoms with Crippen LogP contribution in [0.2, 0.25) is 9.36 Å². The second kappa shape index (κ2) is 6.25. The average molecular weight is 316 g/mol. The number of halogens is 2. The summed E-state index contributed by atoms with van der Waals surface area (Å²) in [5.74, 6) is 0. The lowest BCUT2D eigenvalue weighted by atomic mass is 10.1. The minimum Gasteiger partial charge on any atom is -0.383 e. The van der Waals surface area contributed by atoms with E-state index in [1.54, 1.807) is 6.07 Å². The number of aliphatic hydroxyl groups excluding tert-OH is 1. The number of hydrogen-bond acceptors (Lipinski definition) is 3. The normalized spacial score (nSPS) is 12.9. The first-order valence-electron chi connectivity index (χ1n) is 5.83. The van der Waals surface area contributed by atoms with Crippen LogP contribution < -0.4 is 0 Å². The molecule has 0 aliphatic carbocycles. The molecular formula is C14H15Cl2NOS. The summed E-state index contributed by atoms with van der Waals surface area (Å²) in [7, 11) is 4.05. The van der Waals surface area contributed by atoms with Crippen LogP contribution in [0.25, 0.3) is 0 Å². The summed E-state index contributed by atoms with van der Waals surface area (Å²) in [4.78, 5) is 2.79. The molecule has 0 bridgehead atoms. The molecule has 0 amide bonds. The Balaban J connectivity index is 2.20. The number of rotatable bonds is 4. The molecular weight excluding hydrogens is 301 g/mol. The molecule has 0 aliphatic heterocycles. The highest BCUT2D eigenvalue weighted by Crippen LogP contribution is 2.37. The lowest BCUT2D eigenvalue weighted by molar-refractivity contribution is 0.224. The first kappa shape index (κ1) is 14.8. The largest absolute Gasteiger partial charge is 0.383 e. The Hall–Kier alpha value is -0.580. The second-order valence-corrected chi connectivity index (χ2v) is 6.77. The molecule has 1 atom stereocenters. The fraction of sp³-hybridized carbons (Fsp3) is 0.286. The van der Waals surface area contributed by atoms with E-state index < -0.39 is 6.10 Å². The van der Waals surface area contributed by atoms with Crippen LogP contribution in [0.1, 0.15) is 22.1 Å². The summed E-state index contributed by atoms with van der Waals surface area (Å²) in [5.41, 5.74) is 2.03. The average Bonchev–Trinajstić information content (AvgIpc) is 2.68. The van der Waals surface area contributed by atoms with E-state index in [0.29, 0.717) is 14.2 Å². The van der Waals surface area contributed by atoms with Gasteiger partial charge in [-0.3, -0.25) is 0 Å². The van der Waals surface area contributed by atoms with Gasteiger partial charge in [0.25, 0.3) is 0 Å². The lowest BCUT2D eigenvalue weighted by Gasteiger charge is -2.13. The fourth-order valence-corrected chi connectivity index (χ4v) is 3.46. The molecule has 0 radical (unpaired) electrons. The highest BCUT2D eigenvalue weighted by Gasteiger charge is 2.17. The molecule has 2 rings (SSSR count). The van der Waals surface area contributed by atoms with Gasteiger partial charge in [0.1, 0.15) is 6.10 Å². The number of nitrogens with zero attached hydrogens (tertiary/aromatic N) is 1. The van der Waals surface area contributed by atoms with E-state index >= 15 is 0 Å². The molecule has 0 fully saturated rings. The van der Waals surface area contributed by atoms with E-state index in [4.69, 9.17) is 23.2 Å². The topological polar surface area (TPSA) is 23.5 Å². The lowest BCUT2D eigenvalue weighted by Crippen LogP contribution is -2.10. The molecule has 2 nitrogen and oxygen atoms in total. The maximum atomic E-state index is 10.3. The molecule has 5 heteroatoms. The number of benzene rings is 1. The first-order chi connectivity index (χ1) is 8.97. The third-order valence-electron chi connectivity index (χ3n) is 2.73. The zero-order chi connectivity index (χ0) is 14.0. The van der Waals surface area contributed by atoms with Crippen LogP contribution in [0.3, 0.4) is 0 Å². The van der Waals surface area contributed by atoms with Crippen molar-refractivity contribution in [3.8, 4) is 0 Å². The maximum absolute atomic E-state index is 10.3. The molecule has 1 unspecified atom stereocenters. The third-order valence-corrected chi connectivity index (χ3v) is 4.47. The van der Waals surface area contributed by atoms with Gasteiger partial charge in [-0.1, -0.05) is 47.5 Å². The van der Waals surface area contributed by atoms with Gasteiger partial charge in [-0.05, 0) is 31.3 Å². The van der Waals surface area contributed by atoms with Gasteiger partial charge in [0.15, 0.2) is 0 Å². The number of hydrogen-bond donors (Lipinski definition) is 1. The summed E-state index contributed by atoms with van der Waals surface area (Å²) in [6.45, 7) is 0.877. The molecule has 0 aliphatic rings. The van der Waals surface area contributed by atoms with Crippen molar-refractivity contribution in [2.75, 3.05) is 14.1 Å². The van der Waals surface area contributed by atoms with Crippen LogP contribution >= 0.6 is 34.5 Å². The molecule has 2 aromatic rings. The van der Waals surface area contributed by atoms with Gasteiger partial charge in [-0.25, -0.2) is 0 Å². The van der Waals surface area contributed by atoms with Gasteiger partial charge in [0.05, 0.1) is 14.2 Å². The summed E-state index contributed by atoms with van der Waals surface area (Å²) >= 11 is 13.3. The number of thiophene rings is 1. The van der Waals surface area contributed by atoms with Crippen molar-refractivity contribution < 1.29 is 5.11 Å². The standard InChI is InChI=1S/C14H15Cl2NOS/c1-17(2)8-9-3-5-10(6-4-9)13(18)14-11(15)7-12(16)19-14/h3-7,13,18H,8H2,1-2H3. The van der Waals surface area contributed by atoms with Gasteiger partial charge < -0.3 is 10.0 Å². The molecule has 0 saturated heterocycles. The Kier molecular flexibility index (Phi) is 4.87. The monoisotopic (exact) mass is 315 g/mol. The van der Waals surface area contributed by atoms with E-state index in [2.05, 4.69) is 4.90 Å². The van der Waals surface area contributed by atoms with Gasteiger partial charge in [0.2, 0.25) is 0 Å². The van der Waals surface area contributed by atoms with Crippen LogP contribution in [-0.4, -0.2) is 24.1 Å². The van der Waals surface area contributed by atoms with Gasteiger partial charge in [0, 0.05) is 6.54 Å². The Bertz CT molecular complexity index is 551. The minimum atomic E-state index is -0.724. The first-order valence-corrected chi connectivity index (χ1v) is 7.41. The molecule has 0 spiro atoms. The quantitative estimate of drug-likeness (QED) is 0.914. The summed E-state index contributed by atoms with van der Waals surface area (Å²) < 4.78 is 0.586. The van der Waals surface area contributed by atoms with Crippen molar-refractivity contribution in [3.63, 3.8) is 0 Å². The third kappa shape index (κ3) is 3.71. The van der Waals surface area contributed by atoms with Crippen molar-refractivity contribution in [1.82, 2.24) is 4.90 Å². The van der Waals surface area contributed by atoms with E-state index in [1.165, 1.54) is 16.9 Å². The fourth-order valence-electron chi connectivity index (χ4n) is 1.86. The van der Waals surface area contributed by atoms with E-state index in [9.17, 15) is 5.11 Å². The summed E-state index contributed by atoms with van der Waals surface area (Å²) in [6, 6.07) is 9.54. The van der Waals surface area contributed by atoms with Gasteiger partial charge in [-0.2, -0.15) is 0 Å². The molecule has 0 saturated carbocycles. The molecule has 1 N–H and O–H groups in total. The highest BCUT2D eigenvalue weighted by molar-refractivity contribution is 7.16. The van der Waals surface area contributed by atoms with E-state index in [1.807, 2.05) is 38.4 Å². The zero-order valence-electron chi connectivity index (χ0n) is 10.7. The van der Waals surface area contributed by atoms with Crippen LogP contribution in [0.5, 0.6) is 0 Å². The summed E-state index contributed by atoms with van der Waals surface area (Å²) in [5, 5.41) is 10.8. The van der Waals surface area contributed by atoms with E-state index in [-0.39, 0.29) is 0 Å². The minimum absolute atomic E-state index is 0.514. The predicted octanol–water partition coefficient (Wildman–Crippen LogP) is 4.20. The van der Waals surface area contributed by atoms with Crippen molar-refractivity contribution >= 4 is 34.5 Å². The van der Waals surface area contributed by atoms with Crippen molar-refractivity contribution in [2.24, 2.45) is 0 Å². The van der Waals surface area contributed by atoms with Crippen LogP contribution in [0.4, 0.5) is 0 Å². The van der Waals surface area contributed by atoms with Gasteiger partial charge >= 0.3 is 0 Å². The Labute approximate surface area is 127 Å². The smallest absolute Gasteiger partial charge is 0.115 e. The molecule has 102 valence electrons. The Morgan fingerprint density at radius 2 is 1.84 bits per heavy atom. The molecule has 1 heterocycles. The molecule has 19 heavy (non-hydrogen) atoms. The van der Waals surface area contributed by atoms with Crippen molar-refractivity contribution in [2.45, 2.75) is 12.6 Å². The van der Waals surface area contributed by atoms with E-state index in [0.717, 1.165) is 12.1 Å². The SMILES string of the molecule is CN(C)Cc1ccc(C(O)c2sc(Cl)cc2Cl)cc1. The van der Waals surface area contributed by atoms with Crippen LogP contribution in [0.15, 0.2) is 30.3 Å². The second-order valence-electron chi connectivity index (χ2n) is 4.64. The van der Waals surface area contributed by atoms with Crippen molar-refractivity contribution in [1.29, 1.82) is 0 Å². The van der Waals surface area contributed by atoms with Crippen LogP contribution in [-0.2, 0) is 6.54 Å². The highest BCUT2D eigenvalue weighted by atomic mass is 35.5. The molecule has 1 aromatic heterocycles. The Morgan fingerprint density at radius 1 is 1.21 bits per heavy atom. The number of aliphatic hydroxyl groups is 1. The van der Waals surface area contributed by atoms with Crippen molar-refractivity contribution in [3.05, 3.63) is 55.7 Å².